The van der Waals surface area contributed by atoms with E-state index in [1.54, 1.807) is 0 Å². The van der Waals surface area contributed by atoms with E-state index in [0.29, 0.717) is 17.5 Å². The summed E-state index contributed by atoms with van der Waals surface area (Å²) in [4.78, 5) is 31.7. The number of hydrogen-bond acceptors (Lipinski definition) is 7. The van der Waals surface area contributed by atoms with Crippen molar-refractivity contribution in [3.63, 3.8) is 0 Å². The number of benzene rings is 15. The fourth-order valence-electron chi connectivity index (χ4n) is 17.8. The number of nitrogens with zero attached hydrogens (tertiary/aromatic N) is 6. The molecule has 0 saturated carbocycles. The fraction of sp³-hybridized carbons (Fsp3) is 0.0206. The summed E-state index contributed by atoms with van der Waals surface area (Å²) in [5.41, 5.74) is 30.6. The second-order valence-corrected chi connectivity index (χ2v) is 29.8. The van der Waals surface area contributed by atoms with Crippen LogP contribution in [0, 0.1) is 0 Å². The van der Waals surface area contributed by atoms with E-state index in [4.69, 9.17) is 24.9 Å². The molecule has 0 fully saturated rings. The summed E-state index contributed by atoms with van der Waals surface area (Å²) in [6.45, 7) is 0. The Hall–Kier alpha value is -12.9. The molecule has 18 aromatic rings. The van der Waals surface area contributed by atoms with Crippen molar-refractivity contribution >= 4 is 56.4 Å². The van der Waals surface area contributed by atoms with E-state index in [-0.39, 0.29) is 0 Å². The van der Waals surface area contributed by atoms with E-state index >= 15 is 0 Å². The maximum atomic E-state index is 5.51. The van der Waals surface area contributed by atoms with Gasteiger partial charge in [-0.2, -0.15) is 0 Å². The minimum atomic E-state index is -0.603. The lowest BCUT2D eigenvalue weighted by molar-refractivity contribution is 0.722. The van der Waals surface area contributed by atoms with Crippen LogP contribution in [0.1, 0.15) is 44.5 Å². The molecule has 3 aromatic heterocycles. The van der Waals surface area contributed by atoms with Gasteiger partial charge in [-0.3, -0.25) is 4.98 Å². The van der Waals surface area contributed by atoms with E-state index in [0.717, 1.165) is 78.0 Å². The summed E-state index contributed by atoms with van der Waals surface area (Å²) < 4.78 is 2.37. The summed E-state index contributed by atoms with van der Waals surface area (Å²) in [6.07, 6.45) is 1.94. The number of para-hydroxylation sites is 3. The van der Waals surface area contributed by atoms with Crippen molar-refractivity contribution in [2.24, 2.45) is 0 Å². The summed E-state index contributed by atoms with van der Waals surface area (Å²) in [5, 5.41) is 2.48. The highest BCUT2D eigenvalue weighted by atomic mass is 32.2. The highest BCUT2D eigenvalue weighted by Gasteiger charge is 2.52. The molecular weight excluding hydrogens is 1310 g/mol. The van der Waals surface area contributed by atoms with Crippen molar-refractivity contribution in [3.8, 4) is 107 Å². The van der Waals surface area contributed by atoms with Crippen LogP contribution in [0.15, 0.2) is 372 Å². The second kappa shape index (κ2) is 23.3. The lowest BCUT2D eigenvalue weighted by Gasteiger charge is -2.39. The molecule has 2 aliphatic carbocycles. The van der Waals surface area contributed by atoms with Crippen LogP contribution >= 0.6 is 23.5 Å². The Kier molecular flexibility index (Phi) is 13.3. The molecule has 1 atom stereocenters. The highest BCUT2D eigenvalue weighted by molar-refractivity contribution is 7.99. The molecule has 488 valence electrons. The second-order valence-electron chi connectivity index (χ2n) is 27.7. The molecule has 0 radical (unpaired) electrons. The maximum Gasteiger partial charge on any atom is 0.164 e. The van der Waals surface area contributed by atoms with Gasteiger partial charge in [-0.15, -0.1) is 0 Å². The molecular formula is C97H58N6S2. The largest absolute Gasteiger partial charge is 0.309 e. The Bertz CT molecular complexity index is 6580. The van der Waals surface area contributed by atoms with Crippen molar-refractivity contribution < 1.29 is 0 Å². The third-order valence-electron chi connectivity index (χ3n) is 22.3. The molecule has 5 heterocycles. The van der Waals surface area contributed by atoms with Crippen LogP contribution in [-0.2, 0) is 10.8 Å². The quantitative estimate of drug-likeness (QED) is 0.150. The minimum Gasteiger partial charge on any atom is -0.309 e. The molecule has 0 unspecified atom stereocenters. The van der Waals surface area contributed by atoms with Crippen LogP contribution in [0.25, 0.3) is 140 Å². The van der Waals surface area contributed by atoms with Gasteiger partial charge in [-0.05, 0) is 155 Å². The Balaban J connectivity index is 0.665. The van der Waals surface area contributed by atoms with Crippen LogP contribution in [0.3, 0.4) is 0 Å². The molecule has 4 aliphatic rings. The van der Waals surface area contributed by atoms with Crippen molar-refractivity contribution in [2.75, 3.05) is 0 Å². The molecule has 8 heteroatoms. The van der Waals surface area contributed by atoms with E-state index in [1.165, 1.54) is 108 Å². The molecule has 15 aromatic carbocycles. The lowest BCUT2D eigenvalue weighted by Crippen LogP contribution is -2.32. The van der Waals surface area contributed by atoms with Gasteiger partial charge in [-0.25, -0.2) is 19.9 Å². The standard InChI is InChI=1S/C97H58N6S2/c1-2-21-60(22-3-1)69-31-20-38-83-92(69)98-58-84(99-83)64-49-53-81-89(56-64)104-88-42-17-13-36-79(88)97(81)77-34-11-6-29-74(77)91-68(30-19-37-82(91)97)61-43-45-62(46-44-61)93-100-94(65-24-18-23-63(55-65)59-47-51-67(52-48-59)103-85-39-14-7-27-72(85)73-28-8-15-40-86(73)103)102-95(101-93)66-50-54-80-90(57-66)105-87-41-16-12-35-78(87)96(80)75-32-9-4-25-70(75)71-26-5-10-33-76(71)96/h1-58H/t97-/m0/s1. The van der Waals surface area contributed by atoms with E-state index < -0.39 is 10.8 Å². The Morgan fingerprint density at radius 3 is 1.35 bits per heavy atom. The summed E-state index contributed by atoms with van der Waals surface area (Å²) in [6, 6.07) is 126. The van der Waals surface area contributed by atoms with Crippen LogP contribution in [0.4, 0.5) is 0 Å². The Morgan fingerprint density at radius 2 is 0.686 bits per heavy atom. The normalized spacial score (nSPS) is 14.5. The third kappa shape index (κ3) is 8.91. The molecule has 0 bridgehead atoms. The average Bonchev–Trinajstić information content (AvgIpc) is 1.53. The topological polar surface area (TPSA) is 69.4 Å². The zero-order valence-electron chi connectivity index (χ0n) is 56.5. The van der Waals surface area contributed by atoms with Gasteiger partial charge in [0, 0.05) is 63.9 Å². The molecule has 2 aliphatic heterocycles. The number of fused-ring (bicyclic) bond motifs is 22. The van der Waals surface area contributed by atoms with Crippen molar-refractivity contribution in [2.45, 2.75) is 30.4 Å². The first-order valence-corrected chi connectivity index (χ1v) is 37.3. The number of aromatic nitrogens is 6. The number of hydrogen-bond donors (Lipinski definition) is 0. The van der Waals surface area contributed by atoms with Gasteiger partial charge < -0.3 is 4.57 Å². The molecule has 22 rings (SSSR count). The van der Waals surface area contributed by atoms with E-state index in [2.05, 4.69) is 344 Å². The zero-order valence-corrected chi connectivity index (χ0v) is 58.1. The molecule has 0 N–H and O–H groups in total. The molecule has 105 heavy (non-hydrogen) atoms. The summed E-state index contributed by atoms with van der Waals surface area (Å²) in [5.74, 6) is 1.79. The minimum absolute atomic E-state index is 0.512. The maximum absolute atomic E-state index is 5.51. The summed E-state index contributed by atoms with van der Waals surface area (Å²) in [7, 11) is 0. The SMILES string of the molecule is c1ccc(-c2cccc3nc(-c4ccc5c(c4)Sc4ccccc4[C@@]54c5ccccc5-c5c(-c6ccc(-c7nc(-c8cccc(-c9ccc(-n%10c%11ccccc%11c%11ccccc%11%10)cc9)c8)nc(-c8ccc9c(c8)Sc8ccccc8C98c9ccccc9-c9ccccc98)n7)cc6)cccc54)cnc23)cc1. The van der Waals surface area contributed by atoms with Gasteiger partial charge in [0.25, 0.3) is 0 Å². The fourth-order valence-corrected chi connectivity index (χ4v) is 20.3. The molecule has 6 nitrogen and oxygen atoms in total. The van der Waals surface area contributed by atoms with Crippen LogP contribution < -0.4 is 0 Å². The highest BCUT2D eigenvalue weighted by Crippen LogP contribution is 2.65. The zero-order chi connectivity index (χ0) is 68.9. The van der Waals surface area contributed by atoms with Gasteiger partial charge in [0.15, 0.2) is 17.5 Å². The van der Waals surface area contributed by atoms with Gasteiger partial charge in [0.05, 0.1) is 44.8 Å². The first kappa shape index (κ1) is 59.8. The number of rotatable bonds is 8. The van der Waals surface area contributed by atoms with Gasteiger partial charge in [0.1, 0.15) is 0 Å². The van der Waals surface area contributed by atoms with Crippen molar-refractivity contribution in [1.82, 2.24) is 29.5 Å². The van der Waals surface area contributed by atoms with Gasteiger partial charge in [0.2, 0.25) is 0 Å². The van der Waals surface area contributed by atoms with Crippen molar-refractivity contribution in [1.29, 1.82) is 0 Å². The molecule has 0 amide bonds. The lowest BCUT2D eigenvalue weighted by atomic mass is 9.67. The smallest absolute Gasteiger partial charge is 0.164 e. The monoisotopic (exact) mass is 1370 g/mol. The average molecular weight is 1370 g/mol. The van der Waals surface area contributed by atoms with Gasteiger partial charge >= 0.3 is 0 Å². The molecule has 2 spiro atoms. The first-order chi connectivity index (χ1) is 52.0. The molecule has 0 saturated heterocycles. The predicted molar refractivity (Wildman–Crippen MR) is 428 cm³/mol. The van der Waals surface area contributed by atoms with Crippen LogP contribution in [-0.4, -0.2) is 29.5 Å². The predicted octanol–water partition coefficient (Wildman–Crippen LogP) is 24.2. The van der Waals surface area contributed by atoms with Crippen molar-refractivity contribution in [3.05, 3.63) is 396 Å². The summed E-state index contributed by atoms with van der Waals surface area (Å²) >= 11 is 3.67. The Labute approximate surface area is 615 Å². The van der Waals surface area contributed by atoms with E-state index in [9.17, 15) is 0 Å². The van der Waals surface area contributed by atoms with Crippen LogP contribution in [0.2, 0.25) is 0 Å². The van der Waals surface area contributed by atoms with Crippen LogP contribution in [0.5, 0.6) is 0 Å². The first-order valence-electron chi connectivity index (χ1n) is 35.7. The van der Waals surface area contributed by atoms with E-state index in [1.807, 2.05) is 35.8 Å². The van der Waals surface area contributed by atoms with Gasteiger partial charge in [-0.1, -0.05) is 309 Å². The Morgan fingerprint density at radius 1 is 0.257 bits per heavy atom. The third-order valence-corrected chi connectivity index (χ3v) is 24.5.